The number of likely N-dealkylation sites (tertiary alicyclic amines) is 1. The molecule has 1 aliphatic heterocycles. The number of benzene rings is 1. The summed E-state index contributed by atoms with van der Waals surface area (Å²) in [5, 5.41) is 2.15. The van der Waals surface area contributed by atoms with E-state index in [2.05, 4.69) is 5.32 Å². The summed E-state index contributed by atoms with van der Waals surface area (Å²) >= 11 is 5.59. The number of nitrogens with zero attached hydrogens (tertiary/aromatic N) is 1. The molecule has 2 atom stereocenters. The summed E-state index contributed by atoms with van der Waals surface area (Å²) in [4.78, 5) is 14.5. The molecule has 3 N–H and O–H groups in total. The molecule has 0 spiro atoms. The standard InChI is InChI=1S/C17H23ClF3N3O.ClH/c1-10(24-7-6-14(22)16(2,3)9-24)15(25)23-11-4-5-13(18)12(8-11)17(19,20)21;/h4-5,8,10,14H,6-7,9,22H2,1-3H3,(H,23,25);1H. The van der Waals surface area contributed by atoms with E-state index in [0.717, 1.165) is 18.6 Å². The van der Waals surface area contributed by atoms with Gasteiger partial charge in [-0.3, -0.25) is 9.69 Å². The van der Waals surface area contributed by atoms with Gasteiger partial charge in [0.15, 0.2) is 0 Å². The summed E-state index contributed by atoms with van der Waals surface area (Å²) < 4.78 is 38.8. The third-order valence-electron chi connectivity index (χ3n) is 4.81. The number of hydrogen-bond donors (Lipinski definition) is 2. The summed E-state index contributed by atoms with van der Waals surface area (Å²) in [7, 11) is 0. The van der Waals surface area contributed by atoms with Gasteiger partial charge in [0.2, 0.25) is 5.91 Å². The van der Waals surface area contributed by atoms with Gasteiger partial charge in [0.05, 0.1) is 16.6 Å². The Morgan fingerprint density at radius 2 is 2.04 bits per heavy atom. The highest BCUT2D eigenvalue weighted by Crippen LogP contribution is 2.36. The van der Waals surface area contributed by atoms with Gasteiger partial charge in [-0.05, 0) is 37.0 Å². The molecule has 0 bridgehead atoms. The number of carbonyl (C=O) groups excluding carboxylic acids is 1. The molecule has 1 amide bonds. The molecule has 1 heterocycles. The number of halogens is 5. The Morgan fingerprint density at radius 3 is 2.58 bits per heavy atom. The Hall–Kier alpha value is -1.02. The third kappa shape index (κ3) is 5.25. The minimum absolute atomic E-state index is 0. The zero-order valence-electron chi connectivity index (χ0n) is 14.9. The first kappa shape index (κ1) is 23.0. The Balaban J connectivity index is 0.00000338. The average molecular weight is 414 g/mol. The quantitative estimate of drug-likeness (QED) is 0.781. The molecular formula is C17H24Cl2F3N3O. The smallest absolute Gasteiger partial charge is 0.327 e. The molecule has 26 heavy (non-hydrogen) atoms. The lowest BCUT2D eigenvalue weighted by molar-refractivity contribution is -0.137. The number of amides is 1. The zero-order valence-corrected chi connectivity index (χ0v) is 16.4. The zero-order chi connectivity index (χ0) is 19.0. The molecule has 1 fully saturated rings. The average Bonchev–Trinajstić information content (AvgIpc) is 2.50. The van der Waals surface area contributed by atoms with Crippen LogP contribution in [0.4, 0.5) is 18.9 Å². The van der Waals surface area contributed by atoms with Crippen LogP contribution in [0, 0.1) is 5.41 Å². The van der Waals surface area contributed by atoms with Crippen LogP contribution in [-0.4, -0.2) is 36.0 Å². The molecule has 2 rings (SSSR count). The van der Waals surface area contributed by atoms with Crippen LogP contribution in [0.15, 0.2) is 18.2 Å². The molecule has 0 aromatic heterocycles. The van der Waals surface area contributed by atoms with Crippen molar-refractivity contribution in [1.29, 1.82) is 0 Å². The molecule has 1 saturated heterocycles. The van der Waals surface area contributed by atoms with Gasteiger partial charge in [-0.2, -0.15) is 13.2 Å². The predicted octanol–water partition coefficient (Wildman–Crippen LogP) is 4.17. The van der Waals surface area contributed by atoms with E-state index in [1.54, 1.807) is 6.92 Å². The van der Waals surface area contributed by atoms with E-state index >= 15 is 0 Å². The van der Waals surface area contributed by atoms with Crippen LogP contribution in [0.25, 0.3) is 0 Å². The molecule has 2 unspecified atom stereocenters. The first-order valence-corrected chi connectivity index (χ1v) is 8.47. The molecule has 4 nitrogen and oxygen atoms in total. The number of piperidine rings is 1. The minimum Gasteiger partial charge on any atom is -0.327 e. The van der Waals surface area contributed by atoms with E-state index in [-0.39, 0.29) is 35.5 Å². The maximum absolute atomic E-state index is 12.9. The fraction of sp³-hybridized carbons (Fsp3) is 0.588. The number of carbonyl (C=O) groups is 1. The van der Waals surface area contributed by atoms with Crippen LogP contribution < -0.4 is 11.1 Å². The molecule has 148 valence electrons. The van der Waals surface area contributed by atoms with Crippen LogP contribution in [-0.2, 0) is 11.0 Å². The van der Waals surface area contributed by atoms with Crippen molar-refractivity contribution in [2.45, 2.75) is 45.5 Å². The number of alkyl halides is 3. The maximum atomic E-state index is 12.9. The fourth-order valence-electron chi connectivity index (χ4n) is 2.98. The summed E-state index contributed by atoms with van der Waals surface area (Å²) in [6.45, 7) is 7.15. The van der Waals surface area contributed by atoms with Crippen molar-refractivity contribution < 1.29 is 18.0 Å². The number of anilines is 1. The molecule has 1 aromatic rings. The van der Waals surface area contributed by atoms with E-state index in [1.807, 2.05) is 18.7 Å². The van der Waals surface area contributed by atoms with E-state index in [9.17, 15) is 18.0 Å². The highest BCUT2D eigenvalue weighted by atomic mass is 35.5. The van der Waals surface area contributed by atoms with E-state index in [4.69, 9.17) is 17.3 Å². The highest BCUT2D eigenvalue weighted by Gasteiger charge is 2.37. The monoisotopic (exact) mass is 413 g/mol. The predicted molar refractivity (Wildman–Crippen MR) is 99.7 cm³/mol. The number of nitrogens with one attached hydrogen (secondary N) is 1. The first-order chi connectivity index (χ1) is 11.4. The van der Waals surface area contributed by atoms with Crippen LogP contribution in [0.2, 0.25) is 5.02 Å². The van der Waals surface area contributed by atoms with Crippen molar-refractivity contribution in [3.8, 4) is 0 Å². The summed E-state index contributed by atoms with van der Waals surface area (Å²) in [5.74, 6) is -0.360. The molecular weight excluding hydrogens is 390 g/mol. The lowest BCUT2D eigenvalue weighted by Gasteiger charge is -2.44. The summed E-state index contributed by atoms with van der Waals surface area (Å²) in [5.41, 5.74) is 5.07. The lowest BCUT2D eigenvalue weighted by Crippen LogP contribution is -2.56. The van der Waals surface area contributed by atoms with E-state index < -0.39 is 22.8 Å². The second-order valence-corrected chi connectivity index (χ2v) is 7.62. The van der Waals surface area contributed by atoms with Crippen molar-refractivity contribution in [3.05, 3.63) is 28.8 Å². The molecule has 1 aromatic carbocycles. The van der Waals surface area contributed by atoms with Gasteiger partial charge < -0.3 is 11.1 Å². The fourth-order valence-corrected chi connectivity index (χ4v) is 3.20. The van der Waals surface area contributed by atoms with Gasteiger partial charge in [-0.1, -0.05) is 25.4 Å². The van der Waals surface area contributed by atoms with Gasteiger partial charge >= 0.3 is 6.18 Å². The van der Waals surface area contributed by atoms with Crippen LogP contribution in [0.1, 0.15) is 32.8 Å². The largest absolute Gasteiger partial charge is 0.417 e. The normalized spacial score (nSPS) is 21.6. The van der Waals surface area contributed by atoms with Gasteiger partial charge in [0, 0.05) is 24.8 Å². The Bertz CT molecular complexity index is 653. The van der Waals surface area contributed by atoms with Crippen LogP contribution >= 0.6 is 24.0 Å². The third-order valence-corrected chi connectivity index (χ3v) is 5.14. The molecule has 1 aliphatic rings. The van der Waals surface area contributed by atoms with E-state index in [0.29, 0.717) is 13.1 Å². The Morgan fingerprint density at radius 1 is 1.42 bits per heavy atom. The highest BCUT2D eigenvalue weighted by molar-refractivity contribution is 6.31. The molecule has 9 heteroatoms. The van der Waals surface area contributed by atoms with Crippen LogP contribution in [0.3, 0.4) is 0 Å². The minimum atomic E-state index is -4.57. The van der Waals surface area contributed by atoms with Crippen molar-refractivity contribution in [3.63, 3.8) is 0 Å². The Labute approximate surface area is 162 Å². The SMILES string of the molecule is CC(C(=O)Nc1ccc(Cl)c(C(F)(F)F)c1)N1CCC(N)C(C)(C)C1.Cl. The topological polar surface area (TPSA) is 58.4 Å². The summed E-state index contributed by atoms with van der Waals surface area (Å²) in [6, 6.07) is 2.93. The van der Waals surface area contributed by atoms with E-state index in [1.165, 1.54) is 6.07 Å². The Kier molecular flexibility index (Phi) is 7.38. The first-order valence-electron chi connectivity index (χ1n) is 8.09. The number of hydrogen-bond acceptors (Lipinski definition) is 3. The molecule has 0 saturated carbocycles. The van der Waals surface area contributed by atoms with Gasteiger partial charge in [0.25, 0.3) is 0 Å². The van der Waals surface area contributed by atoms with Crippen molar-refractivity contribution in [2.24, 2.45) is 11.1 Å². The van der Waals surface area contributed by atoms with Gasteiger partial charge in [-0.25, -0.2) is 0 Å². The maximum Gasteiger partial charge on any atom is 0.417 e. The lowest BCUT2D eigenvalue weighted by atomic mass is 9.79. The van der Waals surface area contributed by atoms with Crippen molar-refractivity contribution >= 4 is 35.6 Å². The van der Waals surface area contributed by atoms with Crippen molar-refractivity contribution in [2.75, 3.05) is 18.4 Å². The number of rotatable bonds is 3. The van der Waals surface area contributed by atoms with Crippen LogP contribution in [0.5, 0.6) is 0 Å². The number of nitrogens with two attached hydrogens (primary N) is 1. The second kappa shape index (κ2) is 8.33. The molecule has 0 aliphatic carbocycles. The second-order valence-electron chi connectivity index (χ2n) is 7.21. The van der Waals surface area contributed by atoms with Gasteiger partial charge in [0.1, 0.15) is 0 Å². The molecule has 0 radical (unpaired) electrons. The summed E-state index contributed by atoms with van der Waals surface area (Å²) in [6.07, 6.45) is -3.81. The van der Waals surface area contributed by atoms with Crippen molar-refractivity contribution in [1.82, 2.24) is 4.90 Å². The van der Waals surface area contributed by atoms with Gasteiger partial charge in [-0.15, -0.1) is 12.4 Å².